The molecule has 1 saturated heterocycles. The first-order valence-corrected chi connectivity index (χ1v) is 16.9. The molecule has 2 aliphatic heterocycles. The third kappa shape index (κ3) is 7.62. The van der Waals surface area contributed by atoms with E-state index >= 15 is 0 Å². The second-order valence-electron chi connectivity index (χ2n) is 11.9. The lowest BCUT2D eigenvalue weighted by Gasteiger charge is -2.20. The zero-order valence-electron chi connectivity index (χ0n) is 28.3. The van der Waals surface area contributed by atoms with Crippen LogP contribution in [-0.2, 0) is 23.6 Å². The number of hydrogen-bond donors (Lipinski definition) is 3. The van der Waals surface area contributed by atoms with E-state index in [9.17, 15) is 24.0 Å². The maximum atomic E-state index is 13.1. The lowest BCUT2D eigenvalue weighted by atomic mass is 10.1. The van der Waals surface area contributed by atoms with Crippen molar-refractivity contribution in [1.82, 2.24) is 19.0 Å². The van der Waals surface area contributed by atoms with Crippen molar-refractivity contribution in [2.24, 2.45) is 19.1 Å². The van der Waals surface area contributed by atoms with Gasteiger partial charge in [0, 0.05) is 57.1 Å². The molecule has 4 aromatic rings. The number of aryl methyl sites for hydroxylation is 2. The van der Waals surface area contributed by atoms with E-state index in [0.717, 1.165) is 24.2 Å². The molecule has 1 atom stereocenters. The number of aromatic nitrogens is 3. The Morgan fingerprint density at radius 3 is 2.41 bits per heavy atom. The number of carbonyl (C=O) groups is 5. The summed E-state index contributed by atoms with van der Waals surface area (Å²) in [6.45, 7) is 0.903. The molecule has 266 valence electrons. The first-order valence-electron chi connectivity index (χ1n) is 16.0. The topological polar surface area (TPSA) is 187 Å². The first-order chi connectivity index (χ1) is 24.5. The molecular weight excluding hydrogens is 680 g/mol. The minimum absolute atomic E-state index is 0.00765. The number of esters is 1. The van der Waals surface area contributed by atoms with E-state index in [-0.39, 0.29) is 53.1 Å². The summed E-state index contributed by atoms with van der Waals surface area (Å²) in [6, 6.07) is 6.33. The summed E-state index contributed by atoms with van der Waals surface area (Å²) in [5.74, 6) is -1.06. The average molecular weight is 717 g/mol. The number of nitrogens with zero attached hydrogens (tertiary/aromatic N) is 5. The predicted molar refractivity (Wildman–Crippen MR) is 189 cm³/mol. The van der Waals surface area contributed by atoms with Gasteiger partial charge in [0.05, 0.1) is 49.5 Å². The largest absolute Gasteiger partial charge is 0.493 e. The third-order valence-corrected chi connectivity index (χ3v) is 9.16. The van der Waals surface area contributed by atoms with Crippen LogP contribution in [0.2, 0.25) is 0 Å². The van der Waals surface area contributed by atoms with Crippen LogP contribution < -0.4 is 25.4 Å². The zero-order valence-corrected chi connectivity index (χ0v) is 29.2. The van der Waals surface area contributed by atoms with Gasteiger partial charge in [-0.05, 0) is 37.5 Å². The van der Waals surface area contributed by atoms with E-state index in [1.165, 1.54) is 36.3 Å². The third-order valence-electron chi connectivity index (χ3n) is 8.40. The Hall–Kier alpha value is -5.97. The predicted octanol–water partition coefficient (Wildman–Crippen LogP) is 4.24. The van der Waals surface area contributed by atoms with Crippen LogP contribution in [0.5, 0.6) is 11.5 Å². The van der Waals surface area contributed by atoms with Crippen LogP contribution in [0.3, 0.4) is 0 Å². The van der Waals surface area contributed by atoms with E-state index in [0.29, 0.717) is 47.1 Å². The molecule has 6 rings (SSSR count). The Morgan fingerprint density at radius 2 is 1.67 bits per heavy atom. The molecule has 16 nitrogen and oxygen atoms in total. The molecule has 3 N–H and O–H groups in total. The molecule has 0 unspecified atom stereocenters. The molecule has 1 aromatic carbocycles. The quantitative estimate of drug-likeness (QED) is 0.142. The molecule has 2 aliphatic rings. The van der Waals surface area contributed by atoms with E-state index in [1.54, 1.807) is 43.2 Å². The number of benzene rings is 1. The number of rotatable bonds is 12. The van der Waals surface area contributed by atoms with Gasteiger partial charge in [-0.2, -0.15) is 0 Å². The number of ether oxygens (including phenoxy) is 3. The number of fused-ring (bicyclic) bond motifs is 2. The zero-order chi connectivity index (χ0) is 36.2. The maximum absolute atomic E-state index is 13.1. The van der Waals surface area contributed by atoms with Crippen LogP contribution in [0.25, 0.3) is 0 Å². The van der Waals surface area contributed by atoms with Crippen LogP contribution in [0.1, 0.15) is 67.5 Å². The van der Waals surface area contributed by atoms with Gasteiger partial charge in [0.25, 0.3) is 17.7 Å². The lowest BCUT2D eigenvalue weighted by Crippen LogP contribution is -2.35. The first kappa shape index (κ1) is 34.9. The van der Waals surface area contributed by atoms with E-state index in [4.69, 9.17) is 14.2 Å². The van der Waals surface area contributed by atoms with Gasteiger partial charge in [-0.3, -0.25) is 24.2 Å². The number of thiazole rings is 1. The van der Waals surface area contributed by atoms with E-state index < -0.39 is 17.8 Å². The van der Waals surface area contributed by atoms with Crippen molar-refractivity contribution in [2.45, 2.75) is 31.7 Å². The molecule has 0 aliphatic carbocycles. The average Bonchev–Trinajstić information content (AvgIpc) is 3.91. The smallest absolute Gasteiger partial charge is 0.354 e. The molecule has 0 saturated carbocycles. The Labute approximate surface area is 296 Å². The standard InChI is InChI=1S/C34H36N8O8S/c1-40-16-19(11-25(40)31(45)37-20-12-26(33(47)49-4)41(2)17-20)36-30(44)24-18-51-34(38-24)39-29(43)8-6-10-50-28-14-23-22(13-27(28)48-3)32(46)42-9-5-7-21(42)15-35-23/h11-18,21H,5-10H2,1-4H3,(H,36,44)(H,37,45)(H,38,39,43)/t21-/m0/s1. The Balaban J connectivity index is 0.981. The van der Waals surface area contributed by atoms with Gasteiger partial charge >= 0.3 is 5.97 Å². The van der Waals surface area contributed by atoms with Crippen LogP contribution in [0.15, 0.2) is 47.0 Å². The van der Waals surface area contributed by atoms with Gasteiger partial charge in [0.1, 0.15) is 17.1 Å². The second-order valence-corrected chi connectivity index (χ2v) is 12.8. The number of hydrogen-bond acceptors (Lipinski definition) is 11. The summed E-state index contributed by atoms with van der Waals surface area (Å²) in [6.07, 6.45) is 7.30. The van der Waals surface area contributed by atoms with Gasteiger partial charge in [-0.25, -0.2) is 9.78 Å². The Morgan fingerprint density at radius 1 is 0.941 bits per heavy atom. The maximum Gasteiger partial charge on any atom is 0.354 e. The monoisotopic (exact) mass is 716 g/mol. The number of methoxy groups -OCH3 is 2. The van der Waals surface area contributed by atoms with Crippen molar-refractivity contribution >= 4 is 69.3 Å². The van der Waals surface area contributed by atoms with Crippen molar-refractivity contribution in [3.05, 3.63) is 64.7 Å². The number of anilines is 3. The fourth-order valence-corrected chi connectivity index (χ4v) is 6.55. The molecule has 0 radical (unpaired) electrons. The van der Waals surface area contributed by atoms with Gasteiger partial charge in [-0.15, -0.1) is 11.3 Å². The fraction of sp³-hybridized carbons (Fsp3) is 0.324. The highest BCUT2D eigenvalue weighted by Crippen LogP contribution is 2.38. The Bertz CT molecular complexity index is 2050. The van der Waals surface area contributed by atoms with Crippen molar-refractivity contribution in [3.63, 3.8) is 0 Å². The van der Waals surface area contributed by atoms with Gasteiger partial charge in [0.2, 0.25) is 5.91 Å². The van der Waals surface area contributed by atoms with Crippen LogP contribution >= 0.6 is 11.3 Å². The highest BCUT2D eigenvalue weighted by Gasteiger charge is 2.32. The van der Waals surface area contributed by atoms with Crippen LogP contribution in [0, 0.1) is 0 Å². The summed E-state index contributed by atoms with van der Waals surface area (Å²) in [5, 5.41) is 9.91. The molecule has 3 aromatic heterocycles. The van der Waals surface area contributed by atoms with Gasteiger partial charge in [-0.1, -0.05) is 0 Å². The normalized spacial score (nSPS) is 14.7. The molecule has 4 amide bonds. The van der Waals surface area contributed by atoms with Gasteiger partial charge in [0.15, 0.2) is 16.6 Å². The number of aliphatic imine (C=N–C) groups is 1. The molecule has 51 heavy (non-hydrogen) atoms. The van der Waals surface area contributed by atoms with Crippen molar-refractivity contribution in [2.75, 3.05) is 43.3 Å². The highest BCUT2D eigenvalue weighted by atomic mass is 32.1. The van der Waals surface area contributed by atoms with Gasteiger partial charge < -0.3 is 44.2 Å². The van der Waals surface area contributed by atoms with E-state index in [2.05, 4.69) is 25.9 Å². The number of nitrogens with one attached hydrogen (secondary N) is 3. The Kier molecular flexibility index (Phi) is 10.2. The van der Waals surface area contributed by atoms with Crippen molar-refractivity contribution in [1.29, 1.82) is 0 Å². The summed E-state index contributed by atoms with van der Waals surface area (Å²) in [4.78, 5) is 74.0. The number of carbonyl (C=O) groups excluding carboxylic acids is 5. The summed E-state index contributed by atoms with van der Waals surface area (Å²) >= 11 is 1.10. The highest BCUT2D eigenvalue weighted by molar-refractivity contribution is 7.14. The fourth-order valence-electron chi connectivity index (χ4n) is 5.84. The SMILES string of the molecule is COC(=O)c1cc(NC(=O)c2cc(NC(=O)c3csc(NC(=O)CCCOc4cc5c(cc4OC)C(=O)N4CCC[C@H]4C=N5)n3)cn2C)cn1C. The van der Waals surface area contributed by atoms with Crippen molar-refractivity contribution < 1.29 is 38.2 Å². The second kappa shape index (κ2) is 14.9. The minimum atomic E-state index is -0.535. The summed E-state index contributed by atoms with van der Waals surface area (Å²) in [5.41, 5.74) is 2.36. The molecule has 5 heterocycles. The van der Waals surface area contributed by atoms with Crippen LogP contribution in [-0.4, -0.2) is 88.2 Å². The molecule has 1 fully saturated rings. The van der Waals surface area contributed by atoms with Crippen molar-refractivity contribution in [3.8, 4) is 11.5 Å². The van der Waals surface area contributed by atoms with E-state index in [1.807, 2.05) is 11.1 Å². The molecule has 0 spiro atoms. The minimum Gasteiger partial charge on any atom is -0.493 e. The summed E-state index contributed by atoms with van der Waals surface area (Å²) < 4.78 is 19.2. The molecular formula is C34H36N8O8S. The van der Waals surface area contributed by atoms with Crippen LogP contribution in [0.4, 0.5) is 22.2 Å². The summed E-state index contributed by atoms with van der Waals surface area (Å²) in [7, 11) is 6.08. The molecule has 17 heteroatoms. The molecule has 0 bridgehead atoms. The number of amides is 4. The lowest BCUT2D eigenvalue weighted by molar-refractivity contribution is -0.116.